The van der Waals surface area contributed by atoms with E-state index < -0.39 is 10.0 Å². The molecule has 1 saturated heterocycles. The number of carbonyl (C=O) groups excluding carboxylic acids is 1. The normalized spacial score (nSPS) is 15.2. The van der Waals surface area contributed by atoms with Crippen molar-refractivity contribution in [3.63, 3.8) is 0 Å². The molecule has 2 N–H and O–H groups in total. The molecule has 6 nitrogen and oxygen atoms in total. The summed E-state index contributed by atoms with van der Waals surface area (Å²) < 4.78 is 41.1. The van der Waals surface area contributed by atoms with E-state index in [1.807, 2.05) is 30.3 Å². The van der Waals surface area contributed by atoms with Gasteiger partial charge in [0, 0.05) is 37.8 Å². The topological polar surface area (TPSA) is 78.5 Å². The van der Waals surface area contributed by atoms with Crippen LogP contribution in [0.2, 0.25) is 0 Å². The number of rotatable bonds is 8. The maximum atomic E-state index is 13.1. The first-order valence-electron chi connectivity index (χ1n) is 11.3. The van der Waals surface area contributed by atoms with Crippen molar-refractivity contribution in [2.24, 2.45) is 0 Å². The largest absolute Gasteiger partial charge is 0.349 e. The standard InChI is InChI=1S/C26H28FN3O3S/c27-23-11-9-21(10-12-23)19-30-15-13-24(14-16-30)29-26(31)22-7-4-8-25(17-22)34(32,33)28-18-20-5-2-1-3-6-20/h1-12,17,24,28H,13-16,18-19H2,(H,29,31). The molecule has 1 heterocycles. The van der Waals surface area contributed by atoms with Crippen LogP contribution >= 0.6 is 0 Å². The van der Waals surface area contributed by atoms with Gasteiger partial charge in [0.05, 0.1) is 4.90 Å². The highest BCUT2D eigenvalue weighted by atomic mass is 32.2. The number of nitrogens with one attached hydrogen (secondary N) is 2. The molecule has 1 amide bonds. The molecule has 4 rings (SSSR count). The van der Waals surface area contributed by atoms with Gasteiger partial charge in [-0.15, -0.1) is 0 Å². The minimum Gasteiger partial charge on any atom is -0.349 e. The van der Waals surface area contributed by atoms with Crippen molar-refractivity contribution in [1.29, 1.82) is 0 Å². The van der Waals surface area contributed by atoms with Gasteiger partial charge in [-0.2, -0.15) is 0 Å². The first-order chi connectivity index (χ1) is 16.4. The lowest BCUT2D eigenvalue weighted by Crippen LogP contribution is -2.44. The molecule has 3 aromatic rings. The third-order valence-electron chi connectivity index (χ3n) is 5.96. The predicted octanol–water partition coefficient (Wildman–Crippen LogP) is 3.70. The van der Waals surface area contributed by atoms with E-state index in [0.717, 1.165) is 43.6 Å². The van der Waals surface area contributed by atoms with Crippen LogP contribution < -0.4 is 10.0 Å². The lowest BCUT2D eigenvalue weighted by Gasteiger charge is -2.32. The summed E-state index contributed by atoms with van der Waals surface area (Å²) in [6.07, 6.45) is 1.59. The molecule has 1 fully saturated rings. The van der Waals surface area contributed by atoms with Gasteiger partial charge in [0.1, 0.15) is 5.82 Å². The fourth-order valence-electron chi connectivity index (χ4n) is 4.01. The number of likely N-dealkylation sites (tertiary alicyclic amines) is 1. The van der Waals surface area contributed by atoms with Crippen molar-refractivity contribution in [2.75, 3.05) is 13.1 Å². The van der Waals surface area contributed by atoms with E-state index in [4.69, 9.17) is 0 Å². The smallest absolute Gasteiger partial charge is 0.251 e. The second kappa shape index (κ2) is 10.9. The number of hydrogen-bond acceptors (Lipinski definition) is 4. The average molecular weight is 482 g/mol. The Morgan fingerprint density at radius 3 is 2.32 bits per heavy atom. The van der Waals surface area contributed by atoms with E-state index in [1.165, 1.54) is 24.3 Å². The quantitative estimate of drug-likeness (QED) is 0.514. The summed E-state index contributed by atoms with van der Waals surface area (Å²) >= 11 is 0. The zero-order chi connectivity index (χ0) is 24.0. The van der Waals surface area contributed by atoms with Gasteiger partial charge in [-0.1, -0.05) is 48.5 Å². The van der Waals surface area contributed by atoms with Crippen molar-refractivity contribution >= 4 is 15.9 Å². The van der Waals surface area contributed by atoms with Crippen LogP contribution in [-0.4, -0.2) is 38.4 Å². The lowest BCUT2D eigenvalue weighted by molar-refractivity contribution is 0.0908. The highest BCUT2D eigenvalue weighted by molar-refractivity contribution is 7.89. The zero-order valence-electron chi connectivity index (χ0n) is 18.8. The lowest BCUT2D eigenvalue weighted by atomic mass is 10.0. The van der Waals surface area contributed by atoms with Gasteiger partial charge in [0.2, 0.25) is 10.0 Å². The Balaban J connectivity index is 1.30. The molecule has 3 aromatic carbocycles. The molecular weight excluding hydrogens is 453 g/mol. The predicted molar refractivity (Wildman–Crippen MR) is 129 cm³/mol. The van der Waals surface area contributed by atoms with E-state index in [2.05, 4.69) is 14.9 Å². The van der Waals surface area contributed by atoms with Crippen LogP contribution in [0.5, 0.6) is 0 Å². The Bertz CT molecular complexity index is 1210. The minimum absolute atomic E-state index is 0.0217. The summed E-state index contributed by atoms with van der Waals surface area (Å²) in [6.45, 7) is 2.56. The molecule has 0 unspecified atom stereocenters. The highest BCUT2D eigenvalue weighted by Crippen LogP contribution is 2.16. The van der Waals surface area contributed by atoms with Crippen molar-refractivity contribution in [1.82, 2.24) is 14.9 Å². The third-order valence-corrected chi connectivity index (χ3v) is 7.36. The van der Waals surface area contributed by atoms with Crippen LogP contribution in [0.1, 0.15) is 34.3 Å². The van der Waals surface area contributed by atoms with E-state index >= 15 is 0 Å². The second-order valence-electron chi connectivity index (χ2n) is 8.49. The van der Waals surface area contributed by atoms with Gasteiger partial charge in [-0.05, 0) is 54.3 Å². The van der Waals surface area contributed by atoms with Crippen LogP contribution in [0.3, 0.4) is 0 Å². The molecule has 0 atom stereocenters. The second-order valence-corrected chi connectivity index (χ2v) is 10.3. The fourth-order valence-corrected chi connectivity index (χ4v) is 5.08. The van der Waals surface area contributed by atoms with E-state index in [-0.39, 0.29) is 29.2 Å². The maximum absolute atomic E-state index is 13.1. The number of piperidine rings is 1. The van der Waals surface area contributed by atoms with Crippen LogP contribution in [0, 0.1) is 5.82 Å². The van der Waals surface area contributed by atoms with Gasteiger partial charge in [0.15, 0.2) is 0 Å². The Morgan fingerprint density at radius 1 is 0.912 bits per heavy atom. The molecule has 0 radical (unpaired) electrons. The Hall–Kier alpha value is -3.07. The van der Waals surface area contributed by atoms with Crippen LogP contribution in [0.4, 0.5) is 4.39 Å². The SMILES string of the molecule is O=C(NC1CCN(Cc2ccc(F)cc2)CC1)c1cccc(S(=O)(=O)NCc2ccccc2)c1. The summed E-state index contributed by atoms with van der Waals surface area (Å²) in [6, 6.07) is 21.9. The Labute approximate surface area is 199 Å². The number of halogens is 1. The third kappa shape index (κ3) is 6.50. The number of nitrogens with zero attached hydrogens (tertiary/aromatic N) is 1. The van der Waals surface area contributed by atoms with Gasteiger partial charge in [-0.3, -0.25) is 9.69 Å². The van der Waals surface area contributed by atoms with Crippen molar-refractivity contribution in [3.8, 4) is 0 Å². The molecule has 0 saturated carbocycles. The number of benzene rings is 3. The van der Waals surface area contributed by atoms with E-state index in [9.17, 15) is 17.6 Å². The number of sulfonamides is 1. The van der Waals surface area contributed by atoms with Crippen molar-refractivity contribution in [3.05, 3.63) is 101 Å². The fraction of sp³-hybridized carbons (Fsp3) is 0.269. The molecule has 0 bridgehead atoms. The maximum Gasteiger partial charge on any atom is 0.251 e. The van der Waals surface area contributed by atoms with Crippen LogP contribution in [-0.2, 0) is 23.1 Å². The molecule has 34 heavy (non-hydrogen) atoms. The molecule has 0 aliphatic carbocycles. The monoisotopic (exact) mass is 481 g/mol. The average Bonchev–Trinajstić information content (AvgIpc) is 2.86. The van der Waals surface area contributed by atoms with Gasteiger partial charge in [-0.25, -0.2) is 17.5 Å². The highest BCUT2D eigenvalue weighted by Gasteiger charge is 2.22. The van der Waals surface area contributed by atoms with Gasteiger partial charge < -0.3 is 5.32 Å². The van der Waals surface area contributed by atoms with E-state index in [1.54, 1.807) is 24.3 Å². The molecule has 8 heteroatoms. The van der Waals surface area contributed by atoms with Crippen LogP contribution in [0.15, 0.2) is 83.8 Å². The summed E-state index contributed by atoms with van der Waals surface area (Å²) in [4.78, 5) is 15.1. The summed E-state index contributed by atoms with van der Waals surface area (Å²) in [7, 11) is -3.75. The molecule has 1 aliphatic heterocycles. The summed E-state index contributed by atoms with van der Waals surface area (Å²) in [5.74, 6) is -0.522. The summed E-state index contributed by atoms with van der Waals surface area (Å²) in [5, 5.41) is 3.03. The van der Waals surface area contributed by atoms with Gasteiger partial charge >= 0.3 is 0 Å². The van der Waals surface area contributed by atoms with E-state index in [0.29, 0.717) is 5.56 Å². The van der Waals surface area contributed by atoms with Crippen molar-refractivity contribution in [2.45, 2.75) is 36.9 Å². The zero-order valence-corrected chi connectivity index (χ0v) is 19.6. The molecule has 178 valence electrons. The number of amides is 1. The number of carbonyl (C=O) groups is 1. The molecule has 0 aromatic heterocycles. The number of hydrogen-bond donors (Lipinski definition) is 2. The van der Waals surface area contributed by atoms with Crippen molar-refractivity contribution < 1.29 is 17.6 Å². The first-order valence-corrected chi connectivity index (χ1v) is 12.8. The Morgan fingerprint density at radius 2 is 1.62 bits per heavy atom. The summed E-state index contributed by atoms with van der Waals surface area (Å²) in [5.41, 5.74) is 2.23. The molecule has 1 aliphatic rings. The Kier molecular flexibility index (Phi) is 7.72. The minimum atomic E-state index is -3.75. The molecular formula is C26H28FN3O3S. The molecule has 0 spiro atoms. The van der Waals surface area contributed by atoms with Gasteiger partial charge in [0.25, 0.3) is 5.91 Å². The van der Waals surface area contributed by atoms with Crippen LogP contribution in [0.25, 0.3) is 0 Å². The first kappa shape index (κ1) is 24.1.